The van der Waals surface area contributed by atoms with Gasteiger partial charge in [0.1, 0.15) is 0 Å². The van der Waals surface area contributed by atoms with E-state index in [0.29, 0.717) is 0 Å². The van der Waals surface area contributed by atoms with Crippen molar-refractivity contribution in [3.8, 4) is 0 Å². The maximum atomic E-state index is 10.4. The maximum Gasteiger partial charge on any atom is 2.00 e. The van der Waals surface area contributed by atoms with E-state index in [1.807, 2.05) is 0 Å². The zero-order chi connectivity index (χ0) is 39.1. The molecule has 0 radical (unpaired) electrons. The molecule has 50 heavy (non-hydrogen) atoms. The van der Waals surface area contributed by atoms with Gasteiger partial charge in [0.25, 0.3) is 0 Å². The summed E-state index contributed by atoms with van der Waals surface area (Å²) in [7, 11) is -16.6. The molecule has 0 aliphatic heterocycles. The third kappa shape index (κ3) is 65.9. The fourth-order valence-corrected chi connectivity index (χ4v) is 5.53. The number of carbonyl (C=O) groups excluding carboxylic acids is 4. The standard InChI is InChI=1S/4C6H13NO4S.Ca.Mg/c4*1-5(7-6(2)8)3-4-12(9,10)11;;/h4*5H,3-4H2,1-2H3,(H,7,8)(H,9,10,11);;/q;;;;2*+2/p-4. The van der Waals surface area contributed by atoms with E-state index in [1.165, 1.54) is 27.7 Å². The summed E-state index contributed by atoms with van der Waals surface area (Å²) in [5.74, 6) is -2.67. The Labute approximate surface area is 342 Å². The first-order valence-electron chi connectivity index (χ1n) is 14.1. The van der Waals surface area contributed by atoms with Crippen LogP contribution in [0.5, 0.6) is 0 Å². The number of hydrogen-bond acceptors (Lipinski definition) is 16. The van der Waals surface area contributed by atoms with Crippen LogP contribution in [0.25, 0.3) is 0 Å². The van der Waals surface area contributed by atoms with E-state index < -0.39 is 63.5 Å². The van der Waals surface area contributed by atoms with Gasteiger partial charge >= 0.3 is 60.8 Å². The van der Waals surface area contributed by atoms with E-state index in [-0.39, 0.29) is 134 Å². The topological polar surface area (TPSA) is 345 Å². The Balaban J connectivity index is -0.000000127. The van der Waals surface area contributed by atoms with Crippen LogP contribution in [0.1, 0.15) is 81.1 Å². The van der Waals surface area contributed by atoms with E-state index in [4.69, 9.17) is 0 Å². The summed E-state index contributed by atoms with van der Waals surface area (Å²) in [6.45, 7) is 11.9. The molecule has 0 bridgehead atoms. The van der Waals surface area contributed by atoms with Crippen molar-refractivity contribution >= 4 is 125 Å². The maximum absolute atomic E-state index is 10.4. The van der Waals surface area contributed by atoms with Crippen molar-refractivity contribution in [3.63, 3.8) is 0 Å². The number of nitrogens with one attached hydrogen (secondary N) is 4. The van der Waals surface area contributed by atoms with Gasteiger partial charge in [-0.05, 0) is 53.4 Å². The first kappa shape index (κ1) is 61.6. The van der Waals surface area contributed by atoms with E-state index >= 15 is 0 Å². The summed E-state index contributed by atoms with van der Waals surface area (Å²) < 4.78 is 122. The zero-order valence-electron chi connectivity index (χ0n) is 29.5. The van der Waals surface area contributed by atoms with Crippen LogP contribution in [0.2, 0.25) is 0 Å². The average Bonchev–Trinajstić information content (AvgIpc) is 2.82. The molecule has 0 aromatic heterocycles. The minimum absolute atomic E-state index is 0. The Bertz CT molecular complexity index is 1220. The van der Waals surface area contributed by atoms with Crippen molar-refractivity contribution in [1.82, 2.24) is 21.3 Å². The molecule has 0 fully saturated rings. The Kier molecular flexibility index (Phi) is 38.1. The molecule has 0 spiro atoms. The fraction of sp³-hybridized carbons (Fsp3) is 0.833. The van der Waals surface area contributed by atoms with E-state index in [1.54, 1.807) is 27.7 Å². The molecule has 4 unspecified atom stereocenters. The normalized spacial score (nSPS) is 13.4. The van der Waals surface area contributed by atoms with Gasteiger partial charge in [0.15, 0.2) is 0 Å². The molecule has 0 aromatic rings. The van der Waals surface area contributed by atoms with Crippen molar-refractivity contribution < 1.29 is 71.1 Å². The quantitative estimate of drug-likeness (QED) is 0.0890. The van der Waals surface area contributed by atoms with Crippen LogP contribution in [0.4, 0.5) is 0 Å². The van der Waals surface area contributed by atoms with Crippen LogP contribution in [0.3, 0.4) is 0 Å². The van der Waals surface area contributed by atoms with Crippen LogP contribution in [0.15, 0.2) is 0 Å². The van der Waals surface area contributed by atoms with Gasteiger partial charge in [0.2, 0.25) is 23.6 Å². The van der Waals surface area contributed by atoms with Gasteiger partial charge in [-0.2, -0.15) is 0 Å². The molecule has 0 saturated heterocycles. The molecule has 4 atom stereocenters. The summed E-state index contributed by atoms with van der Waals surface area (Å²) in [6, 6.07) is -1.09. The number of amides is 4. The van der Waals surface area contributed by atoms with Crippen LogP contribution >= 0.6 is 0 Å². The summed E-state index contributed by atoms with van der Waals surface area (Å²) in [4.78, 5) is 41.8. The monoisotopic (exact) mass is 840 g/mol. The molecule has 4 amide bonds. The molecule has 4 N–H and O–H groups in total. The molecule has 0 aliphatic rings. The summed E-state index contributed by atoms with van der Waals surface area (Å²) >= 11 is 0. The van der Waals surface area contributed by atoms with Gasteiger partial charge in [-0.15, -0.1) is 0 Å². The minimum atomic E-state index is -4.16. The van der Waals surface area contributed by atoms with Crippen molar-refractivity contribution in [1.29, 1.82) is 0 Å². The van der Waals surface area contributed by atoms with E-state index in [9.17, 15) is 71.1 Å². The first-order valence-corrected chi connectivity index (χ1v) is 20.4. The Hall–Kier alpha value is -0.454. The van der Waals surface area contributed by atoms with Gasteiger partial charge < -0.3 is 39.5 Å². The van der Waals surface area contributed by atoms with Gasteiger partial charge in [-0.1, -0.05) is 0 Å². The van der Waals surface area contributed by atoms with Gasteiger partial charge in [-0.3, -0.25) is 19.2 Å². The predicted octanol–water partition coefficient (Wildman–Crippen LogP) is -2.98. The van der Waals surface area contributed by atoms with Gasteiger partial charge in [0, 0.05) is 74.9 Å². The molecule has 26 heteroatoms. The van der Waals surface area contributed by atoms with Gasteiger partial charge in [0.05, 0.1) is 40.5 Å². The second kappa shape index (κ2) is 31.0. The molecule has 288 valence electrons. The Morgan fingerprint density at radius 3 is 0.620 bits per heavy atom. The number of rotatable bonds is 16. The first-order chi connectivity index (χ1) is 21.2. The molecular weight excluding hydrogens is 793 g/mol. The number of carbonyl (C=O) groups is 4. The van der Waals surface area contributed by atoms with Crippen molar-refractivity contribution in [2.24, 2.45) is 0 Å². The third-order valence-corrected chi connectivity index (χ3v) is 7.94. The molecule has 0 saturated carbocycles. The molecule has 0 aromatic carbocycles. The van der Waals surface area contributed by atoms with Crippen LogP contribution in [0, 0.1) is 0 Å². The zero-order valence-corrected chi connectivity index (χ0v) is 36.4. The Morgan fingerprint density at radius 1 is 0.420 bits per heavy atom. The molecule has 0 heterocycles. The fourth-order valence-electron chi connectivity index (χ4n) is 2.96. The third-order valence-electron chi connectivity index (χ3n) is 5.00. The van der Waals surface area contributed by atoms with Crippen molar-refractivity contribution in [2.45, 2.75) is 105 Å². The summed E-state index contributed by atoms with van der Waals surface area (Å²) in [6.07, 6.45) is 0.633. The molecule has 0 aliphatic carbocycles. The van der Waals surface area contributed by atoms with Gasteiger partial charge in [-0.25, -0.2) is 33.7 Å². The van der Waals surface area contributed by atoms with Crippen molar-refractivity contribution in [3.05, 3.63) is 0 Å². The van der Waals surface area contributed by atoms with Crippen LogP contribution < -0.4 is 21.3 Å². The molecule has 20 nitrogen and oxygen atoms in total. The van der Waals surface area contributed by atoms with Crippen molar-refractivity contribution in [2.75, 3.05) is 23.0 Å². The van der Waals surface area contributed by atoms with Crippen LogP contribution in [-0.2, 0) is 59.7 Å². The second-order valence-electron chi connectivity index (χ2n) is 10.6. The summed E-state index contributed by atoms with van der Waals surface area (Å²) in [5, 5.41) is 9.89. The smallest absolute Gasteiger partial charge is 0.748 e. The Morgan fingerprint density at radius 2 is 0.540 bits per heavy atom. The molecule has 0 rings (SSSR count). The molecular formula is C24H48CaMgN4O16S4. The van der Waals surface area contributed by atoms with E-state index in [2.05, 4.69) is 21.3 Å². The number of hydrogen-bond donors (Lipinski definition) is 4. The summed E-state index contributed by atoms with van der Waals surface area (Å²) in [5.41, 5.74) is 0. The van der Waals surface area contributed by atoms with E-state index in [0.717, 1.165) is 0 Å². The average molecular weight is 841 g/mol. The largest absolute Gasteiger partial charge is 2.00 e. The SMILES string of the molecule is CC(=O)NC(C)CCS(=O)(=O)[O-].CC(=O)NC(C)CCS(=O)(=O)[O-].CC(=O)NC(C)CCS(=O)(=O)[O-].CC(=O)NC(C)CCS(=O)(=O)[O-].[Ca+2].[Mg+2]. The second-order valence-corrected chi connectivity index (χ2v) is 16.7. The predicted molar refractivity (Wildman–Crippen MR) is 181 cm³/mol. The minimum Gasteiger partial charge on any atom is -0.748 e. The van der Waals surface area contributed by atoms with Crippen LogP contribution in [-0.4, -0.2) is 183 Å².